The number of aryl methyl sites for hydroxylation is 1. The number of halogens is 3. The van der Waals surface area contributed by atoms with Gasteiger partial charge in [0.2, 0.25) is 10.0 Å². The summed E-state index contributed by atoms with van der Waals surface area (Å²) in [5, 5.41) is 0. The topological polar surface area (TPSA) is 92.8 Å². The number of anilines is 1. The maximum atomic E-state index is 12.8. The van der Waals surface area contributed by atoms with Gasteiger partial charge in [-0.3, -0.25) is 4.72 Å². The number of nitrogens with one attached hydrogen (secondary N) is 1. The van der Waals surface area contributed by atoms with E-state index in [1.807, 2.05) is 0 Å². The fourth-order valence-corrected chi connectivity index (χ4v) is 5.50. The van der Waals surface area contributed by atoms with Gasteiger partial charge in [0.1, 0.15) is 5.75 Å². The van der Waals surface area contributed by atoms with Crippen LogP contribution in [0.5, 0.6) is 5.75 Å². The number of sulfonamides is 2. The standard InChI is InChI=1S/C19H23F3N2O5S2/c1-5-24(6-2)31(27,28)17-11-13(3)14(4)18(12-17)23-30(25,26)16-9-7-15(8-10-16)29-19(20,21)22/h7-12,23H,5-6H2,1-4H3. The van der Waals surface area contributed by atoms with Gasteiger partial charge in [0.25, 0.3) is 10.0 Å². The highest BCUT2D eigenvalue weighted by Gasteiger charge is 2.31. The molecule has 0 heterocycles. The molecule has 1 N–H and O–H groups in total. The molecule has 0 amide bonds. The molecule has 0 spiro atoms. The molecule has 0 aliphatic heterocycles. The smallest absolute Gasteiger partial charge is 0.406 e. The van der Waals surface area contributed by atoms with E-state index in [2.05, 4.69) is 9.46 Å². The molecule has 0 aliphatic rings. The second-order valence-electron chi connectivity index (χ2n) is 6.63. The summed E-state index contributed by atoms with van der Waals surface area (Å²) in [5.41, 5.74) is 1.13. The van der Waals surface area contributed by atoms with Crippen molar-refractivity contribution in [2.75, 3.05) is 17.8 Å². The molecule has 2 aromatic rings. The van der Waals surface area contributed by atoms with Crippen molar-refractivity contribution in [2.24, 2.45) is 0 Å². The summed E-state index contributed by atoms with van der Waals surface area (Å²) in [5.74, 6) is -0.564. The van der Waals surface area contributed by atoms with Crippen LogP contribution in [0.25, 0.3) is 0 Å². The van der Waals surface area contributed by atoms with Crippen molar-refractivity contribution in [3.05, 3.63) is 47.5 Å². The van der Waals surface area contributed by atoms with Gasteiger partial charge in [-0.2, -0.15) is 4.31 Å². The highest BCUT2D eigenvalue weighted by atomic mass is 32.2. The van der Waals surface area contributed by atoms with Crippen molar-refractivity contribution in [1.29, 1.82) is 0 Å². The zero-order valence-corrected chi connectivity index (χ0v) is 19.0. The zero-order valence-electron chi connectivity index (χ0n) is 17.3. The van der Waals surface area contributed by atoms with Crippen LogP contribution in [0.2, 0.25) is 0 Å². The van der Waals surface area contributed by atoms with Gasteiger partial charge in [-0.15, -0.1) is 13.2 Å². The summed E-state index contributed by atoms with van der Waals surface area (Å²) in [7, 11) is -8.03. The van der Waals surface area contributed by atoms with Crippen molar-refractivity contribution >= 4 is 25.7 Å². The molecule has 0 saturated carbocycles. The molecule has 172 valence electrons. The molecular formula is C19H23F3N2O5S2. The van der Waals surface area contributed by atoms with Crippen LogP contribution in [0.4, 0.5) is 18.9 Å². The summed E-state index contributed by atoms with van der Waals surface area (Å²) < 4.78 is 95.3. The maximum absolute atomic E-state index is 12.8. The zero-order chi connectivity index (χ0) is 23.6. The Kier molecular flexibility index (Phi) is 7.28. The quantitative estimate of drug-likeness (QED) is 0.616. The van der Waals surface area contributed by atoms with E-state index >= 15 is 0 Å². The fraction of sp³-hybridized carbons (Fsp3) is 0.368. The number of hydrogen-bond acceptors (Lipinski definition) is 5. The van der Waals surface area contributed by atoms with Crippen LogP contribution < -0.4 is 9.46 Å². The Morgan fingerprint density at radius 1 is 0.935 bits per heavy atom. The molecule has 2 aromatic carbocycles. The monoisotopic (exact) mass is 480 g/mol. The van der Waals surface area contributed by atoms with E-state index in [0.717, 1.165) is 24.3 Å². The highest BCUT2D eigenvalue weighted by molar-refractivity contribution is 7.92. The van der Waals surface area contributed by atoms with Crippen LogP contribution in [-0.2, 0) is 20.0 Å². The third-order valence-corrected chi connectivity index (χ3v) is 8.01. The Morgan fingerprint density at radius 2 is 1.48 bits per heavy atom. The third-order valence-electron chi connectivity index (χ3n) is 4.60. The number of hydrogen-bond donors (Lipinski definition) is 1. The molecule has 31 heavy (non-hydrogen) atoms. The SMILES string of the molecule is CCN(CC)S(=O)(=O)c1cc(C)c(C)c(NS(=O)(=O)c2ccc(OC(F)(F)F)cc2)c1. The van der Waals surface area contributed by atoms with Crippen molar-refractivity contribution in [1.82, 2.24) is 4.31 Å². The molecule has 0 radical (unpaired) electrons. The van der Waals surface area contributed by atoms with Crippen LogP contribution in [0.3, 0.4) is 0 Å². The van der Waals surface area contributed by atoms with E-state index in [1.165, 1.54) is 16.4 Å². The van der Waals surface area contributed by atoms with Gasteiger partial charge >= 0.3 is 6.36 Å². The summed E-state index contributed by atoms with van der Waals surface area (Å²) in [6.45, 7) is 7.16. The Hall–Kier alpha value is -2.31. The van der Waals surface area contributed by atoms with E-state index in [0.29, 0.717) is 11.1 Å². The number of benzene rings is 2. The van der Waals surface area contributed by atoms with Crippen LogP contribution >= 0.6 is 0 Å². The average Bonchev–Trinajstić information content (AvgIpc) is 2.65. The minimum absolute atomic E-state index is 0.0568. The number of ether oxygens (including phenoxy) is 1. The van der Waals surface area contributed by atoms with E-state index < -0.39 is 32.2 Å². The fourth-order valence-electron chi connectivity index (χ4n) is 2.82. The lowest BCUT2D eigenvalue weighted by molar-refractivity contribution is -0.274. The van der Waals surface area contributed by atoms with Crippen LogP contribution in [0.1, 0.15) is 25.0 Å². The maximum Gasteiger partial charge on any atom is 0.573 e. The predicted molar refractivity (Wildman–Crippen MR) is 110 cm³/mol. The van der Waals surface area contributed by atoms with Crippen molar-refractivity contribution in [3.8, 4) is 5.75 Å². The van der Waals surface area contributed by atoms with Crippen molar-refractivity contribution < 1.29 is 34.7 Å². The minimum Gasteiger partial charge on any atom is -0.406 e. The first-order valence-electron chi connectivity index (χ1n) is 9.21. The minimum atomic E-state index is -4.90. The molecule has 0 aromatic heterocycles. The van der Waals surface area contributed by atoms with Gasteiger partial charge in [0.05, 0.1) is 15.5 Å². The Morgan fingerprint density at radius 3 is 1.97 bits per heavy atom. The highest BCUT2D eigenvalue weighted by Crippen LogP contribution is 2.29. The molecule has 0 bridgehead atoms. The normalized spacial score (nSPS) is 12.8. The van der Waals surface area contributed by atoms with E-state index in [1.54, 1.807) is 27.7 Å². The van der Waals surface area contributed by atoms with Crippen LogP contribution in [-0.4, -0.2) is 40.6 Å². The van der Waals surface area contributed by atoms with Gasteiger partial charge in [-0.25, -0.2) is 16.8 Å². The summed E-state index contributed by atoms with van der Waals surface area (Å²) >= 11 is 0. The summed E-state index contributed by atoms with van der Waals surface area (Å²) in [6.07, 6.45) is -4.90. The average molecular weight is 481 g/mol. The molecule has 12 heteroatoms. The lowest BCUT2D eigenvalue weighted by Gasteiger charge is -2.20. The molecule has 0 saturated heterocycles. The van der Waals surface area contributed by atoms with Gasteiger partial charge in [-0.05, 0) is 61.4 Å². The molecule has 0 unspecified atom stereocenters. The van der Waals surface area contributed by atoms with Gasteiger partial charge in [0.15, 0.2) is 0 Å². The third kappa shape index (κ3) is 5.89. The van der Waals surface area contributed by atoms with Crippen molar-refractivity contribution in [3.63, 3.8) is 0 Å². The molecule has 0 fully saturated rings. The Bertz CT molecular complexity index is 1140. The number of alkyl halides is 3. The van der Waals surface area contributed by atoms with Gasteiger partial charge < -0.3 is 4.74 Å². The van der Waals surface area contributed by atoms with Crippen LogP contribution in [0.15, 0.2) is 46.2 Å². The van der Waals surface area contributed by atoms with Gasteiger partial charge in [0, 0.05) is 13.1 Å². The van der Waals surface area contributed by atoms with Crippen molar-refractivity contribution in [2.45, 2.75) is 43.8 Å². The van der Waals surface area contributed by atoms with E-state index in [9.17, 15) is 30.0 Å². The van der Waals surface area contributed by atoms with E-state index in [-0.39, 0.29) is 28.6 Å². The lowest BCUT2D eigenvalue weighted by Crippen LogP contribution is -2.30. The second kappa shape index (κ2) is 9.05. The lowest BCUT2D eigenvalue weighted by atomic mass is 10.1. The Labute approximate surface area is 179 Å². The first-order chi connectivity index (χ1) is 14.2. The molecule has 0 atom stereocenters. The summed E-state index contributed by atoms with van der Waals surface area (Å²) in [4.78, 5) is -0.373. The van der Waals surface area contributed by atoms with Gasteiger partial charge in [-0.1, -0.05) is 13.8 Å². The first-order valence-corrected chi connectivity index (χ1v) is 12.1. The summed E-state index contributed by atoms with van der Waals surface area (Å²) in [6, 6.07) is 6.37. The second-order valence-corrected chi connectivity index (χ2v) is 10.2. The molecule has 2 rings (SSSR count). The first kappa shape index (κ1) is 25.0. The molecule has 7 nitrogen and oxygen atoms in total. The number of nitrogens with zero attached hydrogens (tertiary/aromatic N) is 1. The Balaban J connectivity index is 2.42. The predicted octanol–water partition coefficient (Wildman–Crippen LogP) is 4.03. The molecule has 0 aliphatic carbocycles. The van der Waals surface area contributed by atoms with Crippen LogP contribution in [0, 0.1) is 13.8 Å². The number of rotatable bonds is 8. The largest absolute Gasteiger partial charge is 0.573 e. The van der Waals surface area contributed by atoms with E-state index in [4.69, 9.17) is 0 Å². The molecular weight excluding hydrogens is 457 g/mol.